The monoisotopic (exact) mass is 300 g/mol. The molecule has 0 amide bonds. The van der Waals surface area contributed by atoms with E-state index >= 15 is 0 Å². The van der Waals surface area contributed by atoms with Crippen LogP contribution in [0.1, 0.15) is 52.9 Å². The molecule has 0 aromatic heterocycles. The molecule has 0 aliphatic heterocycles. The highest BCUT2D eigenvalue weighted by atomic mass is 16.3. The SMILES string of the molecule is CC1CC2=CC(=O)C=C[C@]2(C)[C@H]2CC[C@]3(C)C(O)CC[C@H]3[C@H]12. The van der Waals surface area contributed by atoms with Gasteiger partial charge in [0.1, 0.15) is 0 Å². The molecule has 4 aliphatic carbocycles. The Morgan fingerprint density at radius 2 is 1.95 bits per heavy atom. The molecule has 0 heterocycles. The Morgan fingerprint density at radius 1 is 1.18 bits per heavy atom. The van der Waals surface area contributed by atoms with Crippen molar-refractivity contribution >= 4 is 5.78 Å². The summed E-state index contributed by atoms with van der Waals surface area (Å²) in [6.45, 7) is 7.04. The first-order valence-electron chi connectivity index (χ1n) is 8.98. The van der Waals surface area contributed by atoms with Gasteiger partial charge in [-0.15, -0.1) is 0 Å². The first-order valence-corrected chi connectivity index (χ1v) is 8.98. The van der Waals surface area contributed by atoms with E-state index in [0.29, 0.717) is 23.7 Å². The van der Waals surface area contributed by atoms with Gasteiger partial charge in [0.05, 0.1) is 6.10 Å². The molecule has 2 heteroatoms. The lowest BCUT2D eigenvalue weighted by molar-refractivity contribution is -0.111. The van der Waals surface area contributed by atoms with E-state index in [2.05, 4.69) is 26.8 Å². The number of allylic oxidation sites excluding steroid dienone is 4. The van der Waals surface area contributed by atoms with Gasteiger partial charge in [-0.25, -0.2) is 0 Å². The van der Waals surface area contributed by atoms with Gasteiger partial charge in [-0.1, -0.05) is 32.4 Å². The first kappa shape index (κ1) is 14.7. The number of aliphatic hydroxyl groups excluding tert-OH is 1. The van der Waals surface area contributed by atoms with Gasteiger partial charge in [-0.05, 0) is 73.3 Å². The molecule has 3 saturated carbocycles. The van der Waals surface area contributed by atoms with E-state index < -0.39 is 0 Å². The summed E-state index contributed by atoms with van der Waals surface area (Å²) in [6.07, 6.45) is 11.3. The third kappa shape index (κ3) is 1.73. The Balaban J connectivity index is 1.75. The minimum absolute atomic E-state index is 0.0694. The number of hydrogen-bond acceptors (Lipinski definition) is 2. The molecule has 4 rings (SSSR count). The lowest BCUT2D eigenvalue weighted by Crippen LogP contribution is -2.53. The van der Waals surface area contributed by atoms with Crippen molar-refractivity contribution in [3.05, 3.63) is 23.8 Å². The quantitative estimate of drug-likeness (QED) is 0.736. The van der Waals surface area contributed by atoms with E-state index in [4.69, 9.17) is 0 Å². The second-order valence-corrected chi connectivity index (χ2v) is 8.80. The van der Waals surface area contributed by atoms with Crippen LogP contribution in [0.15, 0.2) is 23.8 Å². The molecular weight excluding hydrogens is 272 g/mol. The van der Waals surface area contributed by atoms with Crippen LogP contribution >= 0.6 is 0 Å². The molecule has 0 saturated heterocycles. The molecule has 0 spiro atoms. The zero-order valence-corrected chi connectivity index (χ0v) is 14.0. The number of rotatable bonds is 0. The van der Waals surface area contributed by atoms with Crippen LogP contribution in [0, 0.1) is 34.5 Å². The highest BCUT2D eigenvalue weighted by Gasteiger charge is 2.59. The summed E-state index contributed by atoms with van der Waals surface area (Å²) in [7, 11) is 0. The van der Waals surface area contributed by atoms with Crippen LogP contribution in [0.2, 0.25) is 0 Å². The largest absolute Gasteiger partial charge is 0.393 e. The number of ketones is 1. The van der Waals surface area contributed by atoms with Gasteiger partial charge in [-0.2, -0.15) is 0 Å². The molecule has 0 aromatic carbocycles. The van der Waals surface area contributed by atoms with E-state index in [0.717, 1.165) is 19.3 Å². The zero-order chi connectivity index (χ0) is 15.7. The van der Waals surface area contributed by atoms with Gasteiger partial charge in [-0.3, -0.25) is 4.79 Å². The number of hydrogen-bond donors (Lipinski definition) is 1. The first-order chi connectivity index (χ1) is 10.4. The van der Waals surface area contributed by atoms with Crippen molar-refractivity contribution in [3.8, 4) is 0 Å². The summed E-state index contributed by atoms with van der Waals surface area (Å²) in [5.74, 6) is 2.76. The molecule has 1 N–H and O–H groups in total. The lowest BCUT2D eigenvalue weighted by atomic mass is 9.46. The van der Waals surface area contributed by atoms with Crippen LogP contribution in [0.4, 0.5) is 0 Å². The van der Waals surface area contributed by atoms with Crippen molar-refractivity contribution in [3.63, 3.8) is 0 Å². The predicted molar refractivity (Wildman–Crippen MR) is 87.2 cm³/mol. The van der Waals surface area contributed by atoms with Crippen LogP contribution in [-0.4, -0.2) is 17.0 Å². The number of carbonyl (C=O) groups excluding carboxylic acids is 1. The van der Waals surface area contributed by atoms with Crippen LogP contribution in [0.5, 0.6) is 0 Å². The molecule has 0 radical (unpaired) electrons. The molecule has 7 atom stereocenters. The molecule has 120 valence electrons. The second-order valence-electron chi connectivity index (χ2n) is 8.80. The van der Waals surface area contributed by atoms with E-state index in [-0.39, 0.29) is 22.7 Å². The fraction of sp³-hybridized carbons (Fsp3) is 0.750. The third-order valence-corrected chi connectivity index (χ3v) is 7.85. The highest BCUT2D eigenvalue weighted by Crippen LogP contribution is 2.65. The van der Waals surface area contributed by atoms with Crippen LogP contribution in [0.25, 0.3) is 0 Å². The Hall–Kier alpha value is -0.890. The van der Waals surface area contributed by atoms with Crippen molar-refractivity contribution < 1.29 is 9.90 Å². The summed E-state index contributed by atoms with van der Waals surface area (Å²) in [6, 6.07) is 0. The van der Waals surface area contributed by atoms with Gasteiger partial charge in [0, 0.05) is 5.41 Å². The van der Waals surface area contributed by atoms with Crippen LogP contribution < -0.4 is 0 Å². The minimum Gasteiger partial charge on any atom is -0.393 e. The van der Waals surface area contributed by atoms with E-state index in [9.17, 15) is 9.90 Å². The number of carbonyl (C=O) groups is 1. The Labute approximate surface area is 133 Å². The predicted octanol–water partition coefficient (Wildman–Crippen LogP) is 3.90. The van der Waals surface area contributed by atoms with Crippen molar-refractivity contribution in [1.82, 2.24) is 0 Å². The van der Waals surface area contributed by atoms with Gasteiger partial charge >= 0.3 is 0 Å². The molecular formula is C20H28O2. The van der Waals surface area contributed by atoms with Crippen LogP contribution in [0.3, 0.4) is 0 Å². The van der Waals surface area contributed by atoms with Gasteiger partial charge < -0.3 is 5.11 Å². The Bertz CT molecular complexity index is 574. The molecule has 3 fully saturated rings. The second kappa shape index (κ2) is 4.56. The summed E-state index contributed by atoms with van der Waals surface area (Å²) in [5, 5.41) is 10.5. The maximum Gasteiger partial charge on any atom is 0.178 e. The number of fused-ring (bicyclic) bond motifs is 5. The van der Waals surface area contributed by atoms with E-state index in [1.165, 1.54) is 18.4 Å². The smallest absolute Gasteiger partial charge is 0.178 e. The maximum atomic E-state index is 11.8. The zero-order valence-electron chi connectivity index (χ0n) is 14.0. The van der Waals surface area contributed by atoms with Gasteiger partial charge in [0.15, 0.2) is 5.78 Å². The fourth-order valence-corrected chi connectivity index (χ4v) is 6.52. The average Bonchev–Trinajstić information content (AvgIpc) is 2.77. The number of aliphatic hydroxyl groups is 1. The molecule has 2 nitrogen and oxygen atoms in total. The summed E-state index contributed by atoms with van der Waals surface area (Å²) < 4.78 is 0. The van der Waals surface area contributed by atoms with Gasteiger partial charge in [0.2, 0.25) is 0 Å². The molecule has 2 unspecified atom stereocenters. The highest BCUT2D eigenvalue weighted by molar-refractivity contribution is 6.01. The van der Waals surface area contributed by atoms with E-state index in [1.54, 1.807) is 6.08 Å². The molecule has 0 bridgehead atoms. The van der Waals surface area contributed by atoms with Crippen molar-refractivity contribution in [2.24, 2.45) is 34.5 Å². The third-order valence-electron chi connectivity index (χ3n) is 7.85. The normalized spacial score (nSPS) is 53.5. The average molecular weight is 300 g/mol. The minimum atomic E-state index is -0.112. The van der Waals surface area contributed by atoms with Crippen LogP contribution in [-0.2, 0) is 4.79 Å². The Morgan fingerprint density at radius 3 is 2.73 bits per heavy atom. The Kier molecular flexibility index (Phi) is 3.05. The molecule has 22 heavy (non-hydrogen) atoms. The van der Waals surface area contributed by atoms with Crippen molar-refractivity contribution in [2.75, 3.05) is 0 Å². The van der Waals surface area contributed by atoms with E-state index in [1.807, 2.05) is 6.08 Å². The maximum absolute atomic E-state index is 11.8. The van der Waals surface area contributed by atoms with Crippen molar-refractivity contribution in [1.29, 1.82) is 0 Å². The summed E-state index contributed by atoms with van der Waals surface area (Å²) in [4.78, 5) is 11.8. The van der Waals surface area contributed by atoms with Crippen molar-refractivity contribution in [2.45, 2.75) is 59.0 Å². The molecule has 4 aliphatic rings. The fourth-order valence-electron chi connectivity index (χ4n) is 6.52. The topological polar surface area (TPSA) is 37.3 Å². The summed E-state index contributed by atoms with van der Waals surface area (Å²) in [5.41, 5.74) is 1.55. The lowest BCUT2D eigenvalue weighted by Gasteiger charge is -2.58. The molecule has 0 aromatic rings. The summed E-state index contributed by atoms with van der Waals surface area (Å²) >= 11 is 0. The standard InChI is InChI=1S/C20H28O2/c1-12-10-13-11-14(21)6-8-19(13,2)16-7-9-20(3)15(18(12)16)4-5-17(20)22/h6,8,11-12,15-18,22H,4-5,7,9-10H2,1-3H3/t12?,15-,16-,17?,18-,19-,20-/m0/s1. The van der Waals surface area contributed by atoms with Gasteiger partial charge in [0.25, 0.3) is 0 Å².